The van der Waals surface area contributed by atoms with Crippen LogP contribution in [0.1, 0.15) is 30.5 Å². The van der Waals surface area contributed by atoms with E-state index in [4.69, 9.17) is 9.59 Å². The van der Waals surface area contributed by atoms with Crippen molar-refractivity contribution in [1.82, 2.24) is 9.78 Å². The van der Waals surface area contributed by atoms with Gasteiger partial charge in [0.2, 0.25) is 0 Å². The number of hydrogen-bond acceptors (Lipinski definition) is 3. The molecule has 1 heterocycles. The van der Waals surface area contributed by atoms with E-state index in [2.05, 4.69) is 59.1 Å². The molecule has 0 aliphatic heterocycles. The maximum absolute atomic E-state index is 8.12. The Hall–Kier alpha value is -1.71. The SMILES string of the molecule is Cc1ccc(CC[C@H](C)n2cc(Br)cn2)cc1.O=C=O. The van der Waals surface area contributed by atoms with E-state index < -0.39 is 0 Å². The molecule has 0 saturated heterocycles. The van der Waals surface area contributed by atoms with Crippen LogP contribution >= 0.6 is 15.9 Å². The zero-order valence-corrected chi connectivity index (χ0v) is 13.1. The second-order valence-corrected chi connectivity index (χ2v) is 5.51. The van der Waals surface area contributed by atoms with E-state index >= 15 is 0 Å². The van der Waals surface area contributed by atoms with Gasteiger partial charge in [-0.1, -0.05) is 29.8 Å². The maximum Gasteiger partial charge on any atom is 0.373 e. The molecular weight excluding hydrogens is 320 g/mol. The third kappa shape index (κ3) is 5.51. The first-order chi connectivity index (χ1) is 9.56. The van der Waals surface area contributed by atoms with Crippen LogP contribution in [0.25, 0.3) is 0 Å². The van der Waals surface area contributed by atoms with Crippen molar-refractivity contribution in [1.29, 1.82) is 0 Å². The van der Waals surface area contributed by atoms with Crippen molar-refractivity contribution in [3.63, 3.8) is 0 Å². The van der Waals surface area contributed by atoms with Crippen LogP contribution < -0.4 is 0 Å². The smallest absolute Gasteiger partial charge is 0.269 e. The van der Waals surface area contributed by atoms with Crippen molar-refractivity contribution >= 4 is 22.1 Å². The molecule has 2 rings (SSSR count). The molecule has 20 heavy (non-hydrogen) atoms. The van der Waals surface area contributed by atoms with E-state index in [0.29, 0.717) is 6.04 Å². The maximum atomic E-state index is 8.12. The first-order valence-corrected chi connectivity index (χ1v) is 7.10. The highest BCUT2D eigenvalue weighted by Crippen LogP contribution is 2.17. The number of aromatic nitrogens is 2. The fraction of sp³-hybridized carbons (Fsp3) is 0.333. The summed E-state index contributed by atoms with van der Waals surface area (Å²) in [6.45, 7) is 4.32. The van der Waals surface area contributed by atoms with Crippen LogP contribution in [0.5, 0.6) is 0 Å². The average Bonchev–Trinajstić information content (AvgIpc) is 2.85. The fourth-order valence-corrected chi connectivity index (χ4v) is 2.12. The summed E-state index contributed by atoms with van der Waals surface area (Å²) in [5.41, 5.74) is 2.71. The number of nitrogens with zero attached hydrogens (tertiary/aromatic N) is 2. The van der Waals surface area contributed by atoms with Gasteiger partial charge in [0.15, 0.2) is 0 Å². The van der Waals surface area contributed by atoms with Crippen molar-refractivity contribution in [2.75, 3.05) is 0 Å². The van der Waals surface area contributed by atoms with Crippen molar-refractivity contribution in [3.05, 3.63) is 52.3 Å². The summed E-state index contributed by atoms with van der Waals surface area (Å²) in [6, 6.07) is 9.19. The predicted molar refractivity (Wildman–Crippen MR) is 79.1 cm³/mol. The highest BCUT2D eigenvalue weighted by atomic mass is 79.9. The molecule has 1 aromatic heterocycles. The number of benzene rings is 1. The van der Waals surface area contributed by atoms with E-state index in [0.717, 1.165) is 17.3 Å². The first kappa shape index (κ1) is 16.3. The molecule has 0 amide bonds. The molecule has 0 saturated carbocycles. The normalized spacial score (nSPS) is 11.2. The molecule has 1 atom stereocenters. The van der Waals surface area contributed by atoms with Crippen LogP contribution in [-0.2, 0) is 16.0 Å². The summed E-state index contributed by atoms with van der Waals surface area (Å²) in [5, 5.41) is 4.31. The minimum atomic E-state index is 0.250. The molecule has 0 fully saturated rings. The van der Waals surface area contributed by atoms with Crippen LogP contribution in [0, 0.1) is 6.92 Å². The molecule has 1 aromatic carbocycles. The Morgan fingerprint density at radius 1 is 1.30 bits per heavy atom. The lowest BCUT2D eigenvalue weighted by molar-refractivity contribution is -0.191. The number of rotatable bonds is 4. The van der Waals surface area contributed by atoms with E-state index in [1.54, 1.807) is 0 Å². The molecule has 0 radical (unpaired) electrons. The number of hydrogen-bond donors (Lipinski definition) is 0. The lowest BCUT2D eigenvalue weighted by atomic mass is 10.1. The van der Waals surface area contributed by atoms with Crippen molar-refractivity contribution in [2.45, 2.75) is 32.7 Å². The monoisotopic (exact) mass is 336 g/mol. The van der Waals surface area contributed by atoms with Gasteiger partial charge < -0.3 is 0 Å². The molecule has 0 bridgehead atoms. The molecule has 0 aliphatic carbocycles. The van der Waals surface area contributed by atoms with Gasteiger partial charge in [-0.2, -0.15) is 14.7 Å². The minimum Gasteiger partial charge on any atom is -0.269 e. The average molecular weight is 337 g/mol. The lowest BCUT2D eigenvalue weighted by Gasteiger charge is -2.11. The van der Waals surface area contributed by atoms with Gasteiger partial charge in [0.05, 0.1) is 10.7 Å². The quantitative estimate of drug-likeness (QED) is 0.857. The van der Waals surface area contributed by atoms with Gasteiger partial charge in [0.1, 0.15) is 0 Å². The van der Waals surface area contributed by atoms with Gasteiger partial charge in [-0.05, 0) is 48.2 Å². The topological polar surface area (TPSA) is 52.0 Å². The molecule has 106 valence electrons. The molecule has 2 aromatic rings. The van der Waals surface area contributed by atoms with Gasteiger partial charge in [-0.25, -0.2) is 0 Å². The molecule has 4 nitrogen and oxygen atoms in total. The van der Waals surface area contributed by atoms with Gasteiger partial charge in [0, 0.05) is 12.2 Å². The van der Waals surface area contributed by atoms with Gasteiger partial charge >= 0.3 is 6.15 Å². The Morgan fingerprint density at radius 2 is 1.90 bits per heavy atom. The number of aryl methyl sites for hydroxylation is 2. The Balaban J connectivity index is 0.000000612. The summed E-state index contributed by atoms with van der Waals surface area (Å²) in [5.74, 6) is 0. The zero-order valence-electron chi connectivity index (χ0n) is 11.5. The minimum absolute atomic E-state index is 0.250. The van der Waals surface area contributed by atoms with Crippen LogP contribution in [0.15, 0.2) is 41.1 Å². The van der Waals surface area contributed by atoms with Gasteiger partial charge in [0.25, 0.3) is 0 Å². The van der Waals surface area contributed by atoms with Crippen molar-refractivity contribution in [2.24, 2.45) is 0 Å². The lowest BCUT2D eigenvalue weighted by Crippen LogP contribution is -2.06. The second kappa shape index (κ2) is 8.46. The highest BCUT2D eigenvalue weighted by Gasteiger charge is 2.06. The third-order valence-electron chi connectivity index (χ3n) is 2.99. The third-order valence-corrected chi connectivity index (χ3v) is 3.40. The van der Waals surface area contributed by atoms with Crippen LogP contribution in [0.3, 0.4) is 0 Å². The first-order valence-electron chi connectivity index (χ1n) is 6.31. The largest absolute Gasteiger partial charge is 0.373 e. The fourth-order valence-electron chi connectivity index (χ4n) is 1.82. The number of halogens is 1. The second-order valence-electron chi connectivity index (χ2n) is 4.60. The summed E-state index contributed by atoms with van der Waals surface area (Å²) in [6.07, 6.45) is 6.32. The zero-order chi connectivity index (χ0) is 15.0. The standard InChI is InChI=1S/C14H17BrN2.CO2/c1-11-3-6-13(7-4-11)8-5-12(2)17-10-14(15)9-16-17;2-1-3/h3-4,6-7,9-10,12H,5,8H2,1-2H3;/t12-;/m0./s1. The van der Waals surface area contributed by atoms with Gasteiger partial charge in [-0.3, -0.25) is 4.68 Å². The van der Waals surface area contributed by atoms with E-state index in [1.807, 2.05) is 17.1 Å². The van der Waals surface area contributed by atoms with E-state index in [-0.39, 0.29) is 6.15 Å². The van der Waals surface area contributed by atoms with Crippen LogP contribution in [0.4, 0.5) is 0 Å². The van der Waals surface area contributed by atoms with Gasteiger partial charge in [-0.15, -0.1) is 0 Å². The molecule has 0 spiro atoms. The Labute approximate surface area is 126 Å². The molecule has 0 aliphatic rings. The van der Waals surface area contributed by atoms with Crippen molar-refractivity contribution in [3.8, 4) is 0 Å². The highest BCUT2D eigenvalue weighted by molar-refractivity contribution is 9.10. The summed E-state index contributed by atoms with van der Waals surface area (Å²) < 4.78 is 3.05. The van der Waals surface area contributed by atoms with E-state index in [9.17, 15) is 0 Å². The molecule has 0 unspecified atom stereocenters. The number of carbonyl (C=O) groups excluding carboxylic acids is 2. The Bertz CT molecular complexity index is 558. The predicted octanol–water partition coefficient (Wildman–Crippen LogP) is 3.56. The van der Waals surface area contributed by atoms with E-state index in [1.165, 1.54) is 11.1 Å². The summed E-state index contributed by atoms with van der Waals surface area (Å²) in [4.78, 5) is 16.2. The molecular formula is C15H17BrN2O2. The Kier molecular flexibility index (Phi) is 6.91. The summed E-state index contributed by atoms with van der Waals surface area (Å²) in [7, 11) is 0. The van der Waals surface area contributed by atoms with Crippen molar-refractivity contribution < 1.29 is 9.59 Å². The molecule has 0 N–H and O–H groups in total. The van der Waals surface area contributed by atoms with Crippen LogP contribution in [0.2, 0.25) is 0 Å². The summed E-state index contributed by atoms with van der Waals surface area (Å²) >= 11 is 3.42. The molecule has 5 heteroatoms. The Morgan fingerprint density at radius 3 is 2.40 bits per heavy atom. The van der Waals surface area contributed by atoms with Crippen LogP contribution in [-0.4, -0.2) is 15.9 Å².